The van der Waals surface area contributed by atoms with Crippen molar-refractivity contribution in [3.05, 3.63) is 45.7 Å². The SMILES string of the molecule is CCSc1nc2c(c(=O)n1[C@H]1CCOC(C)(C)C1)C1(CCCC1)Cc1ccccc1-2. The number of hydrogen-bond donors (Lipinski definition) is 0. The molecule has 1 saturated carbocycles. The van der Waals surface area contributed by atoms with E-state index in [-0.39, 0.29) is 22.6 Å². The van der Waals surface area contributed by atoms with Crippen LogP contribution < -0.4 is 5.56 Å². The molecule has 1 atom stereocenters. The molecule has 160 valence electrons. The summed E-state index contributed by atoms with van der Waals surface area (Å²) in [6, 6.07) is 8.75. The summed E-state index contributed by atoms with van der Waals surface area (Å²) in [5, 5.41) is 0.883. The van der Waals surface area contributed by atoms with E-state index in [1.807, 2.05) is 0 Å². The maximum Gasteiger partial charge on any atom is 0.258 e. The third-order valence-electron chi connectivity index (χ3n) is 7.28. The van der Waals surface area contributed by atoms with Gasteiger partial charge in [-0.3, -0.25) is 9.36 Å². The molecule has 1 saturated heterocycles. The van der Waals surface area contributed by atoms with Gasteiger partial charge in [0.1, 0.15) is 0 Å². The van der Waals surface area contributed by atoms with Gasteiger partial charge in [0.2, 0.25) is 0 Å². The second-order valence-electron chi connectivity index (χ2n) is 9.80. The standard InChI is InChI=1S/C25H32N2O2S/c1-4-30-23-26-21-19-10-6-5-9-17(19)15-25(12-7-8-13-25)20(21)22(28)27(23)18-11-14-29-24(2,3)16-18/h5-6,9-10,18H,4,7-8,11-16H2,1-3H3/t18-/m0/s1. The highest BCUT2D eigenvalue weighted by Gasteiger charge is 2.45. The number of ether oxygens (including phenoxy) is 1. The van der Waals surface area contributed by atoms with Gasteiger partial charge >= 0.3 is 0 Å². The van der Waals surface area contributed by atoms with E-state index in [2.05, 4.69) is 49.6 Å². The van der Waals surface area contributed by atoms with E-state index in [9.17, 15) is 4.79 Å². The number of aromatic nitrogens is 2. The van der Waals surface area contributed by atoms with Gasteiger partial charge in [0, 0.05) is 23.6 Å². The second-order valence-corrected chi connectivity index (χ2v) is 11.0. The fourth-order valence-corrected chi connectivity index (χ4v) is 6.78. The molecule has 2 aliphatic carbocycles. The summed E-state index contributed by atoms with van der Waals surface area (Å²) in [6.45, 7) is 7.11. The fourth-order valence-electron chi connectivity index (χ4n) is 6.00. The molecule has 0 N–H and O–H groups in total. The molecule has 0 bridgehead atoms. The zero-order chi connectivity index (χ0) is 20.9. The summed E-state index contributed by atoms with van der Waals surface area (Å²) < 4.78 is 8.03. The molecule has 2 heterocycles. The van der Waals surface area contributed by atoms with Gasteiger partial charge < -0.3 is 4.74 Å². The Bertz CT molecular complexity index is 1020. The molecule has 3 aliphatic rings. The van der Waals surface area contributed by atoms with Gasteiger partial charge in [-0.15, -0.1) is 0 Å². The van der Waals surface area contributed by atoms with Crippen LogP contribution in [-0.2, 0) is 16.6 Å². The topological polar surface area (TPSA) is 44.1 Å². The van der Waals surface area contributed by atoms with Gasteiger partial charge in [0.25, 0.3) is 5.56 Å². The Balaban J connectivity index is 1.76. The van der Waals surface area contributed by atoms with Crippen LogP contribution in [0.1, 0.15) is 76.5 Å². The average Bonchev–Trinajstić information content (AvgIpc) is 3.16. The molecular weight excluding hydrogens is 392 g/mol. The predicted octanol–water partition coefficient (Wildman–Crippen LogP) is 5.52. The number of nitrogens with zero attached hydrogens (tertiary/aromatic N) is 2. The van der Waals surface area contributed by atoms with Crippen LogP contribution in [0.2, 0.25) is 0 Å². The largest absolute Gasteiger partial charge is 0.375 e. The van der Waals surface area contributed by atoms with Crippen molar-refractivity contribution in [3.63, 3.8) is 0 Å². The molecule has 0 amide bonds. The first kappa shape index (κ1) is 20.3. The van der Waals surface area contributed by atoms with Crippen molar-refractivity contribution >= 4 is 11.8 Å². The summed E-state index contributed by atoms with van der Waals surface area (Å²) in [5.74, 6) is 0.907. The molecule has 0 radical (unpaired) electrons. The van der Waals surface area contributed by atoms with E-state index in [0.717, 1.165) is 54.3 Å². The lowest BCUT2D eigenvalue weighted by molar-refractivity contribution is -0.0710. The van der Waals surface area contributed by atoms with Gasteiger partial charge in [-0.25, -0.2) is 4.98 Å². The number of hydrogen-bond acceptors (Lipinski definition) is 4. The number of benzene rings is 1. The minimum atomic E-state index is -0.204. The smallest absolute Gasteiger partial charge is 0.258 e. The van der Waals surface area contributed by atoms with Crippen LogP contribution in [0.4, 0.5) is 0 Å². The number of thioether (sulfide) groups is 1. The van der Waals surface area contributed by atoms with Crippen molar-refractivity contribution in [1.82, 2.24) is 9.55 Å². The summed E-state index contributed by atoms with van der Waals surface area (Å²) in [5.41, 5.74) is 4.46. The summed E-state index contributed by atoms with van der Waals surface area (Å²) in [7, 11) is 0. The van der Waals surface area contributed by atoms with E-state index in [1.165, 1.54) is 24.0 Å². The van der Waals surface area contributed by atoms with Gasteiger partial charge in [0.05, 0.1) is 16.9 Å². The van der Waals surface area contributed by atoms with E-state index in [4.69, 9.17) is 9.72 Å². The molecule has 5 heteroatoms. The van der Waals surface area contributed by atoms with Gasteiger partial charge in [-0.1, -0.05) is 55.8 Å². The van der Waals surface area contributed by atoms with Gasteiger partial charge in [0.15, 0.2) is 5.16 Å². The molecular formula is C25H32N2O2S. The van der Waals surface area contributed by atoms with Crippen molar-refractivity contribution in [3.8, 4) is 11.3 Å². The molecule has 1 aromatic carbocycles. The first-order valence-corrected chi connectivity index (χ1v) is 12.4. The van der Waals surface area contributed by atoms with Crippen LogP contribution in [0, 0.1) is 0 Å². The van der Waals surface area contributed by atoms with Crippen molar-refractivity contribution in [2.75, 3.05) is 12.4 Å². The normalized spacial score (nSPS) is 23.9. The van der Waals surface area contributed by atoms with Crippen molar-refractivity contribution in [2.24, 2.45) is 0 Å². The van der Waals surface area contributed by atoms with Crippen LogP contribution in [0.15, 0.2) is 34.2 Å². The zero-order valence-corrected chi connectivity index (χ0v) is 19.2. The Labute approximate surface area is 183 Å². The summed E-state index contributed by atoms with van der Waals surface area (Å²) >= 11 is 1.70. The van der Waals surface area contributed by atoms with Crippen LogP contribution in [0.25, 0.3) is 11.3 Å². The fraction of sp³-hybridized carbons (Fsp3) is 0.600. The maximum atomic E-state index is 14.3. The minimum absolute atomic E-state index is 0.0361. The lowest BCUT2D eigenvalue weighted by Crippen LogP contribution is -2.44. The lowest BCUT2D eigenvalue weighted by Gasteiger charge is -2.40. The van der Waals surface area contributed by atoms with Crippen LogP contribution in [0.5, 0.6) is 0 Å². The van der Waals surface area contributed by atoms with Crippen LogP contribution >= 0.6 is 11.8 Å². The number of fused-ring (bicyclic) bond motifs is 4. The maximum absolute atomic E-state index is 14.3. The first-order valence-electron chi connectivity index (χ1n) is 11.5. The van der Waals surface area contributed by atoms with E-state index >= 15 is 0 Å². The third kappa shape index (κ3) is 3.25. The number of rotatable bonds is 3. The zero-order valence-electron chi connectivity index (χ0n) is 18.4. The van der Waals surface area contributed by atoms with Crippen molar-refractivity contribution in [1.29, 1.82) is 0 Å². The Hall–Kier alpha value is -1.59. The highest BCUT2D eigenvalue weighted by molar-refractivity contribution is 7.99. The van der Waals surface area contributed by atoms with Crippen LogP contribution in [-0.4, -0.2) is 27.5 Å². The Morgan fingerprint density at radius 1 is 1.23 bits per heavy atom. The summed E-state index contributed by atoms with van der Waals surface area (Å²) in [4.78, 5) is 19.5. The molecule has 2 aromatic rings. The molecule has 2 fully saturated rings. The predicted molar refractivity (Wildman–Crippen MR) is 122 cm³/mol. The second kappa shape index (κ2) is 7.52. The van der Waals surface area contributed by atoms with E-state index in [0.29, 0.717) is 6.61 Å². The molecule has 4 nitrogen and oxygen atoms in total. The minimum Gasteiger partial charge on any atom is -0.375 e. The highest BCUT2D eigenvalue weighted by Crippen LogP contribution is 2.50. The molecule has 1 aliphatic heterocycles. The molecule has 0 unspecified atom stereocenters. The Morgan fingerprint density at radius 3 is 2.73 bits per heavy atom. The van der Waals surface area contributed by atoms with E-state index < -0.39 is 0 Å². The molecule has 1 aromatic heterocycles. The quantitative estimate of drug-likeness (QED) is 0.481. The monoisotopic (exact) mass is 424 g/mol. The molecule has 1 spiro atoms. The summed E-state index contributed by atoms with van der Waals surface area (Å²) in [6.07, 6.45) is 7.33. The Kier molecular flexibility index (Phi) is 5.10. The highest BCUT2D eigenvalue weighted by atomic mass is 32.2. The lowest BCUT2D eigenvalue weighted by atomic mass is 9.68. The molecule has 30 heavy (non-hydrogen) atoms. The third-order valence-corrected chi connectivity index (χ3v) is 8.12. The van der Waals surface area contributed by atoms with Crippen molar-refractivity contribution < 1.29 is 4.74 Å². The Morgan fingerprint density at radius 2 is 2.00 bits per heavy atom. The van der Waals surface area contributed by atoms with E-state index in [1.54, 1.807) is 11.8 Å². The first-order chi connectivity index (χ1) is 14.4. The average molecular weight is 425 g/mol. The van der Waals surface area contributed by atoms with Crippen molar-refractivity contribution in [2.45, 2.75) is 87.9 Å². The van der Waals surface area contributed by atoms with Crippen LogP contribution in [0.3, 0.4) is 0 Å². The van der Waals surface area contributed by atoms with Gasteiger partial charge in [-0.2, -0.15) is 0 Å². The molecule has 5 rings (SSSR count). The van der Waals surface area contributed by atoms with Gasteiger partial charge in [-0.05, 0) is 57.3 Å².